The summed E-state index contributed by atoms with van der Waals surface area (Å²) in [6.07, 6.45) is 7.42. The molecule has 6 heteroatoms. The lowest BCUT2D eigenvalue weighted by atomic mass is 9.99. The molecule has 0 saturated carbocycles. The summed E-state index contributed by atoms with van der Waals surface area (Å²) in [7, 11) is 0. The Morgan fingerprint density at radius 1 is 0.935 bits per heavy atom. The summed E-state index contributed by atoms with van der Waals surface area (Å²) in [5.41, 5.74) is 2.53. The highest BCUT2D eigenvalue weighted by atomic mass is 16.3. The van der Waals surface area contributed by atoms with Crippen molar-refractivity contribution in [2.24, 2.45) is 0 Å². The number of fused-ring (bicyclic) bond motifs is 1. The van der Waals surface area contributed by atoms with E-state index in [0.717, 1.165) is 30.5 Å². The number of aromatic hydroxyl groups is 4. The molecule has 0 amide bonds. The molecule has 162 valence electrons. The first-order valence-electron chi connectivity index (χ1n) is 9.99. The molecular formula is C25H26O6. The predicted molar refractivity (Wildman–Crippen MR) is 121 cm³/mol. The second-order valence-electron chi connectivity index (χ2n) is 7.85. The first-order valence-corrected chi connectivity index (χ1v) is 9.99. The highest BCUT2D eigenvalue weighted by molar-refractivity contribution is 5.91. The summed E-state index contributed by atoms with van der Waals surface area (Å²) in [5.74, 6) is -1.01. The SMILES string of the molecule is CC(C)=CCCC(C)=CCc1c(O)cc(O)c2c(=O)c(-c3ccc(O)cc3O)coc12. The van der Waals surface area contributed by atoms with Gasteiger partial charge in [0.1, 0.15) is 40.2 Å². The molecule has 0 spiro atoms. The number of phenolic OH excluding ortho intramolecular Hbond substituents is 4. The summed E-state index contributed by atoms with van der Waals surface area (Å²) in [6, 6.07) is 4.97. The van der Waals surface area contributed by atoms with Crippen LogP contribution in [-0.2, 0) is 6.42 Å². The average Bonchev–Trinajstić information content (AvgIpc) is 2.68. The van der Waals surface area contributed by atoms with Gasteiger partial charge in [-0.3, -0.25) is 4.79 Å². The van der Waals surface area contributed by atoms with Crippen LogP contribution >= 0.6 is 0 Å². The minimum atomic E-state index is -0.551. The van der Waals surface area contributed by atoms with Crippen molar-refractivity contribution in [1.29, 1.82) is 0 Å². The summed E-state index contributed by atoms with van der Waals surface area (Å²) < 4.78 is 5.67. The Kier molecular flexibility index (Phi) is 6.39. The van der Waals surface area contributed by atoms with Gasteiger partial charge in [-0.15, -0.1) is 0 Å². The molecule has 0 atom stereocenters. The molecule has 1 aromatic heterocycles. The zero-order chi connectivity index (χ0) is 22.7. The number of allylic oxidation sites excluding steroid dienone is 4. The highest BCUT2D eigenvalue weighted by Crippen LogP contribution is 2.37. The Bertz CT molecular complexity index is 1240. The molecule has 6 nitrogen and oxygen atoms in total. The fraction of sp³-hybridized carbons (Fsp3) is 0.240. The number of phenols is 4. The molecule has 0 bridgehead atoms. The van der Waals surface area contributed by atoms with Gasteiger partial charge in [-0.25, -0.2) is 0 Å². The Labute approximate surface area is 180 Å². The summed E-state index contributed by atoms with van der Waals surface area (Å²) >= 11 is 0. The summed E-state index contributed by atoms with van der Waals surface area (Å²) in [5, 5.41) is 40.2. The number of benzene rings is 2. The van der Waals surface area contributed by atoms with Crippen LogP contribution in [0.1, 0.15) is 39.2 Å². The van der Waals surface area contributed by atoms with E-state index in [4.69, 9.17) is 4.42 Å². The largest absolute Gasteiger partial charge is 0.508 e. The molecule has 0 unspecified atom stereocenters. The summed E-state index contributed by atoms with van der Waals surface area (Å²) in [4.78, 5) is 13.1. The highest BCUT2D eigenvalue weighted by Gasteiger charge is 2.20. The lowest BCUT2D eigenvalue weighted by Gasteiger charge is -2.11. The van der Waals surface area contributed by atoms with Crippen molar-refractivity contribution >= 4 is 11.0 Å². The Morgan fingerprint density at radius 3 is 2.35 bits per heavy atom. The third-order valence-corrected chi connectivity index (χ3v) is 5.12. The third-order valence-electron chi connectivity index (χ3n) is 5.12. The minimum Gasteiger partial charge on any atom is -0.508 e. The van der Waals surface area contributed by atoms with E-state index in [0.29, 0.717) is 12.0 Å². The molecule has 0 fully saturated rings. The molecule has 4 N–H and O–H groups in total. The van der Waals surface area contributed by atoms with E-state index in [1.54, 1.807) is 0 Å². The molecule has 0 aliphatic heterocycles. The molecule has 0 radical (unpaired) electrons. The second-order valence-corrected chi connectivity index (χ2v) is 7.85. The van der Waals surface area contributed by atoms with Crippen molar-refractivity contribution < 1.29 is 24.8 Å². The van der Waals surface area contributed by atoms with Gasteiger partial charge in [0.15, 0.2) is 0 Å². The number of hydrogen-bond acceptors (Lipinski definition) is 6. The van der Waals surface area contributed by atoms with Gasteiger partial charge < -0.3 is 24.8 Å². The van der Waals surface area contributed by atoms with Crippen molar-refractivity contribution in [3.8, 4) is 34.1 Å². The molecule has 0 saturated heterocycles. The van der Waals surface area contributed by atoms with Crippen molar-refractivity contribution in [3.05, 3.63) is 69.6 Å². The van der Waals surface area contributed by atoms with E-state index >= 15 is 0 Å². The van der Waals surface area contributed by atoms with E-state index < -0.39 is 11.2 Å². The van der Waals surface area contributed by atoms with Gasteiger partial charge in [-0.1, -0.05) is 23.3 Å². The van der Waals surface area contributed by atoms with Crippen LogP contribution < -0.4 is 5.43 Å². The monoisotopic (exact) mass is 422 g/mol. The van der Waals surface area contributed by atoms with E-state index in [1.165, 1.54) is 24.0 Å². The van der Waals surface area contributed by atoms with Crippen molar-refractivity contribution in [3.63, 3.8) is 0 Å². The van der Waals surface area contributed by atoms with Gasteiger partial charge in [-0.05, 0) is 52.2 Å². The first-order chi connectivity index (χ1) is 14.7. The van der Waals surface area contributed by atoms with Crippen LogP contribution in [0, 0.1) is 0 Å². The minimum absolute atomic E-state index is 0.0328. The predicted octanol–water partition coefficient (Wildman–Crippen LogP) is 5.52. The van der Waals surface area contributed by atoms with Crippen LogP contribution in [0.2, 0.25) is 0 Å². The van der Waals surface area contributed by atoms with Gasteiger partial charge in [0.2, 0.25) is 5.43 Å². The van der Waals surface area contributed by atoms with Gasteiger partial charge in [0, 0.05) is 23.3 Å². The smallest absolute Gasteiger partial charge is 0.204 e. The van der Waals surface area contributed by atoms with Crippen LogP contribution in [0.4, 0.5) is 0 Å². The molecule has 2 aromatic carbocycles. The fourth-order valence-electron chi connectivity index (χ4n) is 3.43. The average molecular weight is 422 g/mol. The van der Waals surface area contributed by atoms with Gasteiger partial charge in [0.25, 0.3) is 0 Å². The standard InChI is InChI=1S/C25H26O6/c1-14(2)5-4-6-15(3)7-9-18-21(28)12-22(29)23-24(30)19(13-31-25(18)23)17-10-8-16(26)11-20(17)27/h5,7-8,10-13,26-29H,4,6,9H2,1-3H3. The topological polar surface area (TPSA) is 111 Å². The van der Waals surface area contributed by atoms with E-state index in [-0.39, 0.29) is 39.3 Å². The first kappa shape index (κ1) is 22.0. The quantitative estimate of drug-likeness (QED) is 0.389. The maximum absolute atomic E-state index is 13.1. The van der Waals surface area contributed by atoms with E-state index in [1.807, 2.05) is 26.8 Å². The maximum atomic E-state index is 13.1. The van der Waals surface area contributed by atoms with Gasteiger partial charge >= 0.3 is 0 Å². The summed E-state index contributed by atoms with van der Waals surface area (Å²) in [6.45, 7) is 6.10. The van der Waals surface area contributed by atoms with Gasteiger partial charge in [0.05, 0.1) is 5.56 Å². The molecule has 0 aliphatic rings. The van der Waals surface area contributed by atoms with Crippen LogP contribution in [0.25, 0.3) is 22.1 Å². The van der Waals surface area contributed by atoms with Crippen LogP contribution in [0.5, 0.6) is 23.0 Å². The Hall–Kier alpha value is -3.67. The molecular weight excluding hydrogens is 396 g/mol. The van der Waals surface area contributed by atoms with Crippen molar-refractivity contribution in [2.45, 2.75) is 40.0 Å². The molecule has 3 rings (SSSR count). The molecule has 31 heavy (non-hydrogen) atoms. The Balaban J connectivity index is 2.06. The van der Waals surface area contributed by atoms with Crippen LogP contribution in [-0.4, -0.2) is 20.4 Å². The van der Waals surface area contributed by atoms with Gasteiger partial charge in [-0.2, -0.15) is 0 Å². The Morgan fingerprint density at radius 2 is 1.68 bits per heavy atom. The zero-order valence-corrected chi connectivity index (χ0v) is 17.8. The fourth-order valence-corrected chi connectivity index (χ4v) is 3.43. The molecule has 1 heterocycles. The lowest BCUT2D eigenvalue weighted by molar-refractivity contribution is 0.446. The molecule has 0 aliphatic carbocycles. The normalized spacial score (nSPS) is 11.6. The lowest BCUT2D eigenvalue weighted by Crippen LogP contribution is -2.06. The second kappa shape index (κ2) is 9.00. The van der Waals surface area contributed by atoms with E-state index in [9.17, 15) is 25.2 Å². The zero-order valence-electron chi connectivity index (χ0n) is 17.8. The third kappa shape index (κ3) is 4.74. The van der Waals surface area contributed by atoms with Crippen molar-refractivity contribution in [2.75, 3.05) is 0 Å². The number of rotatable bonds is 6. The van der Waals surface area contributed by atoms with Crippen molar-refractivity contribution in [1.82, 2.24) is 0 Å². The van der Waals surface area contributed by atoms with Crippen LogP contribution in [0.3, 0.4) is 0 Å². The van der Waals surface area contributed by atoms with E-state index in [2.05, 4.69) is 6.08 Å². The van der Waals surface area contributed by atoms with Crippen LogP contribution in [0.15, 0.2) is 63.0 Å². The number of hydrogen-bond donors (Lipinski definition) is 4. The molecule has 3 aromatic rings. The maximum Gasteiger partial charge on any atom is 0.204 e.